The molecule has 0 fully saturated rings. The van der Waals surface area contributed by atoms with Gasteiger partial charge in [-0.2, -0.15) is 0 Å². The fourth-order valence-corrected chi connectivity index (χ4v) is 6.25. The molecular weight excluding hydrogens is 374 g/mol. The highest BCUT2D eigenvalue weighted by Gasteiger charge is 2.31. The van der Waals surface area contributed by atoms with Gasteiger partial charge in [-0.3, -0.25) is 4.79 Å². The molecule has 7 heteroatoms. The number of hydrogen-bond acceptors (Lipinski definition) is 3. The summed E-state index contributed by atoms with van der Waals surface area (Å²) in [7, 11) is -3.32. The Bertz CT molecular complexity index is 1140. The second-order valence-corrected chi connectivity index (χ2v) is 9.59. The molecule has 144 valence electrons. The van der Waals surface area contributed by atoms with Gasteiger partial charge in [-0.15, -0.1) is 4.36 Å². The van der Waals surface area contributed by atoms with Crippen molar-refractivity contribution in [3.63, 3.8) is 0 Å². The molecule has 0 saturated heterocycles. The van der Waals surface area contributed by atoms with Crippen LogP contribution in [0.2, 0.25) is 0 Å². The summed E-state index contributed by atoms with van der Waals surface area (Å²) in [5.41, 5.74) is 7.03. The van der Waals surface area contributed by atoms with E-state index in [1.165, 1.54) is 22.3 Å². The maximum absolute atomic E-state index is 13.3. The van der Waals surface area contributed by atoms with E-state index in [-0.39, 0.29) is 10.5 Å². The number of fused-ring (bicyclic) bond motifs is 3. The molecule has 0 saturated carbocycles. The van der Waals surface area contributed by atoms with Crippen molar-refractivity contribution in [2.75, 3.05) is 5.32 Å². The van der Waals surface area contributed by atoms with E-state index in [4.69, 9.17) is 0 Å². The lowest BCUT2D eigenvalue weighted by atomic mass is 9.99. The first-order valence-corrected chi connectivity index (χ1v) is 11.1. The van der Waals surface area contributed by atoms with Crippen molar-refractivity contribution < 1.29 is 13.8 Å². The van der Waals surface area contributed by atoms with E-state index in [9.17, 15) is 13.8 Å². The van der Waals surface area contributed by atoms with Crippen LogP contribution in [0.4, 0.5) is 10.5 Å². The van der Waals surface area contributed by atoms with Gasteiger partial charge >= 0.3 is 6.03 Å². The van der Waals surface area contributed by atoms with Crippen LogP contribution in [0.3, 0.4) is 0 Å². The summed E-state index contributed by atoms with van der Waals surface area (Å²) in [5.74, 6) is -0.554. The standard InChI is InChI=1S/C21H21N3O3S/c1-12-8-9-17-18(10-12)28(27,23-20(17)25)24-21(26)22-19-15-6-2-4-13(15)11-14-5-3-7-16(14)19/h8-11H,2-7H2,1H3,(H2,22,23,24,25,26,27). The van der Waals surface area contributed by atoms with Crippen LogP contribution >= 0.6 is 0 Å². The molecule has 3 aliphatic rings. The number of aryl methyl sites for hydroxylation is 3. The van der Waals surface area contributed by atoms with Crippen molar-refractivity contribution in [1.29, 1.82) is 0 Å². The molecule has 1 unspecified atom stereocenters. The van der Waals surface area contributed by atoms with Crippen LogP contribution in [-0.4, -0.2) is 16.1 Å². The Morgan fingerprint density at radius 2 is 1.71 bits per heavy atom. The number of nitrogens with one attached hydrogen (secondary N) is 2. The lowest BCUT2D eigenvalue weighted by Gasteiger charge is -2.17. The van der Waals surface area contributed by atoms with Crippen molar-refractivity contribution in [3.8, 4) is 0 Å². The average molecular weight is 395 g/mol. The quantitative estimate of drug-likeness (QED) is 0.813. The Morgan fingerprint density at radius 3 is 2.39 bits per heavy atom. The van der Waals surface area contributed by atoms with Crippen LogP contribution in [0.5, 0.6) is 0 Å². The third-order valence-corrected chi connectivity index (χ3v) is 7.64. The Kier molecular flexibility index (Phi) is 3.84. The van der Waals surface area contributed by atoms with Gasteiger partial charge in [0.2, 0.25) is 0 Å². The molecule has 1 heterocycles. The molecule has 3 amide bonds. The first-order chi connectivity index (χ1) is 13.4. The highest BCUT2D eigenvalue weighted by Crippen LogP contribution is 2.38. The zero-order chi connectivity index (χ0) is 19.5. The number of benzene rings is 2. The minimum Gasteiger partial charge on any atom is -0.307 e. The lowest BCUT2D eigenvalue weighted by molar-refractivity contribution is 0.101. The molecule has 5 rings (SSSR count). The van der Waals surface area contributed by atoms with Crippen molar-refractivity contribution in [3.05, 3.63) is 57.6 Å². The molecule has 2 N–H and O–H groups in total. The third kappa shape index (κ3) is 2.64. The summed E-state index contributed by atoms with van der Waals surface area (Å²) in [4.78, 5) is 25.2. The van der Waals surface area contributed by atoms with Gasteiger partial charge in [-0.05, 0) is 85.4 Å². The average Bonchev–Trinajstić information content (AvgIpc) is 3.34. The topological polar surface area (TPSA) is 87.6 Å². The monoisotopic (exact) mass is 395 g/mol. The minimum absolute atomic E-state index is 0.288. The first-order valence-electron chi connectivity index (χ1n) is 9.62. The summed E-state index contributed by atoms with van der Waals surface area (Å²) in [6.45, 7) is 1.85. The Labute approximate surface area is 164 Å². The minimum atomic E-state index is -3.32. The van der Waals surface area contributed by atoms with Gasteiger partial charge in [0, 0.05) is 5.69 Å². The van der Waals surface area contributed by atoms with Gasteiger partial charge in [-0.1, -0.05) is 12.1 Å². The smallest absolute Gasteiger partial charge is 0.307 e. The molecule has 2 aromatic rings. The molecule has 0 radical (unpaired) electrons. The number of carbonyl (C=O) groups excluding carboxylic acids is 2. The van der Waals surface area contributed by atoms with Crippen LogP contribution in [0, 0.1) is 6.92 Å². The van der Waals surface area contributed by atoms with Crippen LogP contribution in [0.1, 0.15) is 51.0 Å². The van der Waals surface area contributed by atoms with Crippen molar-refractivity contribution >= 4 is 27.5 Å². The molecule has 1 atom stereocenters. The van der Waals surface area contributed by atoms with E-state index >= 15 is 0 Å². The number of anilines is 1. The zero-order valence-electron chi connectivity index (χ0n) is 15.6. The van der Waals surface area contributed by atoms with E-state index in [0.29, 0.717) is 0 Å². The lowest BCUT2D eigenvalue weighted by Crippen LogP contribution is -2.34. The van der Waals surface area contributed by atoms with Crippen LogP contribution in [0.15, 0.2) is 33.5 Å². The van der Waals surface area contributed by atoms with E-state index < -0.39 is 21.9 Å². The zero-order valence-corrected chi connectivity index (χ0v) is 16.4. The third-order valence-electron chi connectivity index (χ3n) is 5.82. The summed E-state index contributed by atoms with van der Waals surface area (Å²) in [5, 5.41) is 2.95. The van der Waals surface area contributed by atoms with Crippen LogP contribution in [0.25, 0.3) is 0 Å². The van der Waals surface area contributed by atoms with E-state index in [2.05, 4.69) is 20.5 Å². The number of urea groups is 1. The molecule has 1 aliphatic heterocycles. The van der Waals surface area contributed by atoms with Gasteiger partial charge in [0.05, 0.1) is 10.5 Å². The summed E-state index contributed by atoms with van der Waals surface area (Å²) in [6.07, 6.45) is 6.12. The normalized spacial score (nSPS) is 21.7. The first kappa shape index (κ1) is 17.4. The fraction of sp³-hybridized carbons (Fsp3) is 0.333. The van der Waals surface area contributed by atoms with Crippen LogP contribution in [-0.2, 0) is 35.6 Å². The van der Waals surface area contributed by atoms with Crippen molar-refractivity contribution in [2.24, 2.45) is 4.36 Å². The number of carbonyl (C=O) groups is 2. The Balaban J connectivity index is 1.48. The molecule has 28 heavy (non-hydrogen) atoms. The second kappa shape index (κ2) is 6.17. The highest BCUT2D eigenvalue weighted by atomic mass is 32.2. The van der Waals surface area contributed by atoms with Gasteiger partial charge < -0.3 is 5.32 Å². The predicted molar refractivity (Wildman–Crippen MR) is 107 cm³/mol. The van der Waals surface area contributed by atoms with Gasteiger partial charge in [-0.25, -0.2) is 13.7 Å². The van der Waals surface area contributed by atoms with Gasteiger partial charge in [0.1, 0.15) is 0 Å². The number of amides is 3. The number of hydrogen-bond donors (Lipinski definition) is 2. The van der Waals surface area contributed by atoms with E-state index in [0.717, 1.165) is 49.8 Å². The SMILES string of the molecule is Cc1ccc2c(c1)S(=O)(NC(=O)Nc1c3c(cc4c1CCC4)CCC3)=NC2=O. The second-order valence-electron chi connectivity index (χ2n) is 7.71. The molecule has 0 spiro atoms. The highest BCUT2D eigenvalue weighted by molar-refractivity contribution is 7.93. The maximum atomic E-state index is 13.3. The number of nitrogens with zero attached hydrogens (tertiary/aromatic N) is 1. The van der Waals surface area contributed by atoms with E-state index in [1.54, 1.807) is 18.2 Å². The molecule has 0 bridgehead atoms. The van der Waals surface area contributed by atoms with Crippen molar-refractivity contribution in [1.82, 2.24) is 4.72 Å². The molecule has 2 aromatic carbocycles. The van der Waals surface area contributed by atoms with Crippen molar-refractivity contribution in [2.45, 2.75) is 50.3 Å². The summed E-state index contributed by atoms with van der Waals surface area (Å²) in [6, 6.07) is 6.75. The fourth-order valence-electron chi connectivity index (χ4n) is 4.56. The van der Waals surface area contributed by atoms with Gasteiger partial charge in [0.25, 0.3) is 5.91 Å². The molecule has 0 aromatic heterocycles. The Hall–Kier alpha value is -2.67. The summed E-state index contributed by atoms with van der Waals surface area (Å²) < 4.78 is 19.5. The maximum Gasteiger partial charge on any atom is 0.331 e. The largest absolute Gasteiger partial charge is 0.331 e. The molecular formula is C21H21N3O3S. The van der Waals surface area contributed by atoms with Gasteiger partial charge in [0.15, 0.2) is 9.92 Å². The molecule has 2 aliphatic carbocycles. The molecule has 6 nitrogen and oxygen atoms in total. The Morgan fingerprint density at radius 1 is 1.04 bits per heavy atom. The number of rotatable bonds is 2. The predicted octanol–water partition coefficient (Wildman–Crippen LogP) is 3.69. The van der Waals surface area contributed by atoms with Crippen LogP contribution < -0.4 is 10.0 Å². The summed E-state index contributed by atoms with van der Waals surface area (Å²) >= 11 is 0. The van der Waals surface area contributed by atoms with E-state index in [1.807, 2.05) is 6.92 Å².